The lowest BCUT2D eigenvalue weighted by molar-refractivity contribution is 0.109. The van der Waals surface area contributed by atoms with Gasteiger partial charge in [0.15, 0.2) is 0 Å². The number of hydrogen-bond acceptors (Lipinski definition) is 2. The summed E-state index contributed by atoms with van der Waals surface area (Å²) in [6.07, 6.45) is 6.03. The Morgan fingerprint density at radius 3 is 2.61 bits per heavy atom. The van der Waals surface area contributed by atoms with E-state index in [1.165, 1.54) is 12.8 Å². The number of halogens is 1. The largest absolute Gasteiger partial charge is 0.392 e. The zero-order valence-electron chi connectivity index (χ0n) is 11.3. The normalized spacial score (nSPS) is 18.4. The maximum absolute atomic E-state index is 10.3. The predicted molar refractivity (Wildman–Crippen MR) is 74.0 cm³/mol. The minimum absolute atomic E-state index is 0.267. The third-order valence-corrected chi connectivity index (χ3v) is 4.48. The lowest BCUT2D eigenvalue weighted by Crippen LogP contribution is -2.22. The van der Waals surface area contributed by atoms with Crippen LogP contribution in [0.4, 0.5) is 0 Å². The standard InChI is InChI=1S/C14H23ClN2O/c1-3-11-14(15)12(17(4-2)16-11)9-13(18)10-7-5-6-8-10/h10,13,18H,3-9H2,1-2H3. The molecule has 1 aliphatic rings. The molecule has 1 aromatic heterocycles. The molecule has 0 aromatic carbocycles. The Hall–Kier alpha value is -0.540. The van der Waals surface area contributed by atoms with Crippen molar-refractivity contribution in [1.29, 1.82) is 0 Å². The number of aliphatic hydroxyl groups is 1. The van der Waals surface area contributed by atoms with Gasteiger partial charge in [0, 0.05) is 13.0 Å². The molecule has 0 saturated heterocycles. The Morgan fingerprint density at radius 1 is 1.39 bits per heavy atom. The summed E-state index contributed by atoms with van der Waals surface area (Å²) >= 11 is 6.36. The van der Waals surface area contributed by atoms with E-state index >= 15 is 0 Å². The van der Waals surface area contributed by atoms with E-state index < -0.39 is 0 Å². The smallest absolute Gasteiger partial charge is 0.0850 e. The van der Waals surface area contributed by atoms with Gasteiger partial charge in [0.25, 0.3) is 0 Å². The van der Waals surface area contributed by atoms with E-state index in [9.17, 15) is 5.11 Å². The molecule has 3 nitrogen and oxygen atoms in total. The van der Waals surface area contributed by atoms with Crippen LogP contribution in [0.15, 0.2) is 0 Å². The fourth-order valence-electron chi connectivity index (χ4n) is 2.92. The fourth-order valence-corrected chi connectivity index (χ4v) is 3.27. The molecule has 1 unspecified atom stereocenters. The van der Waals surface area contributed by atoms with Gasteiger partial charge in [-0.2, -0.15) is 5.10 Å². The van der Waals surface area contributed by atoms with Crippen molar-refractivity contribution in [3.05, 3.63) is 16.4 Å². The average Bonchev–Trinajstić information content (AvgIpc) is 2.99. The van der Waals surface area contributed by atoms with E-state index in [0.717, 1.165) is 42.2 Å². The van der Waals surface area contributed by atoms with Gasteiger partial charge in [0.2, 0.25) is 0 Å². The van der Waals surface area contributed by atoms with E-state index in [2.05, 4.69) is 18.9 Å². The van der Waals surface area contributed by atoms with Gasteiger partial charge in [-0.15, -0.1) is 0 Å². The molecule has 0 radical (unpaired) electrons. The minimum Gasteiger partial charge on any atom is -0.392 e. The maximum Gasteiger partial charge on any atom is 0.0850 e. The third-order valence-electron chi connectivity index (χ3n) is 4.04. The maximum atomic E-state index is 10.3. The zero-order chi connectivity index (χ0) is 13.1. The lowest BCUT2D eigenvalue weighted by atomic mass is 9.97. The van der Waals surface area contributed by atoms with Crippen LogP contribution in [0.2, 0.25) is 5.02 Å². The molecule has 18 heavy (non-hydrogen) atoms. The highest BCUT2D eigenvalue weighted by Crippen LogP contribution is 2.31. The van der Waals surface area contributed by atoms with Crippen molar-refractivity contribution in [3.63, 3.8) is 0 Å². The molecular formula is C14H23ClN2O. The molecule has 1 heterocycles. The van der Waals surface area contributed by atoms with Gasteiger partial charge in [-0.05, 0) is 32.1 Å². The van der Waals surface area contributed by atoms with Crippen molar-refractivity contribution in [1.82, 2.24) is 9.78 Å². The van der Waals surface area contributed by atoms with Crippen LogP contribution in [0.25, 0.3) is 0 Å². The lowest BCUT2D eigenvalue weighted by Gasteiger charge is -2.18. The third kappa shape index (κ3) is 2.72. The van der Waals surface area contributed by atoms with Crippen LogP contribution in [-0.2, 0) is 19.4 Å². The second-order valence-electron chi connectivity index (χ2n) is 5.19. The predicted octanol–water partition coefficient (Wildman–Crippen LogP) is 3.21. The van der Waals surface area contributed by atoms with Crippen molar-refractivity contribution in [2.45, 2.75) is 65.0 Å². The van der Waals surface area contributed by atoms with Crippen molar-refractivity contribution < 1.29 is 5.11 Å². The van der Waals surface area contributed by atoms with Gasteiger partial charge in [0.1, 0.15) is 0 Å². The second kappa shape index (κ2) is 6.07. The molecule has 1 aromatic rings. The van der Waals surface area contributed by atoms with E-state index in [4.69, 9.17) is 11.6 Å². The minimum atomic E-state index is -0.267. The first-order valence-electron chi connectivity index (χ1n) is 7.09. The molecule has 1 fully saturated rings. The van der Waals surface area contributed by atoms with Crippen LogP contribution in [0.5, 0.6) is 0 Å². The first-order valence-corrected chi connectivity index (χ1v) is 7.47. The van der Waals surface area contributed by atoms with Crippen molar-refractivity contribution in [3.8, 4) is 0 Å². The number of aromatic nitrogens is 2. The molecule has 102 valence electrons. The molecule has 0 spiro atoms. The number of aliphatic hydroxyl groups excluding tert-OH is 1. The first kappa shape index (κ1) is 13.9. The molecule has 1 atom stereocenters. The Morgan fingerprint density at radius 2 is 2.06 bits per heavy atom. The average molecular weight is 271 g/mol. The highest BCUT2D eigenvalue weighted by atomic mass is 35.5. The van der Waals surface area contributed by atoms with Gasteiger partial charge in [-0.25, -0.2) is 0 Å². The molecule has 2 rings (SSSR count). The van der Waals surface area contributed by atoms with E-state index in [-0.39, 0.29) is 6.10 Å². The molecular weight excluding hydrogens is 248 g/mol. The fraction of sp³-hybridized carbons (Fsp3) is 0.786. The van der Waals surface area contributed by atoms with Crippen molar-refractivity contribution >= 4 is 11.6 Å². The summed E-state index contributed by atoms with van der Waals surface area (Å²) in [7, 11) is 0. The Balaban J connectivity index is 2.14. The number of aryl methyl sites for hydroxylation is 2. The summed E-state index contributed by atoms with van der Waals surface area (Å²) in [5.41, 5.74) is 1.96. The summed E-state index contributed by atoms with van der Waals surface area (Å²) in [5.74, 6) is 0.450. The Bertz CT molecular complexity index is 397. The quantitative estimate of drug-likeness (QED) is 0.892. The first-order chi connectivity index (χ1) is 8.67. The summed E-state index contributed by atoms with van der Waals surface area (Å²) in [6.45, 7) is 4.94. The topological polar surface area (TPSA) is 38.0 Å². The molecule has 1 saturated carbocycles. The molecule has 1 N–H and O–H groups in total. The molecule has 4 heteroatoms. The van der Waals surface area contributed by atoms with Gasteiger partial charge >= 0.3 is 0 Å². The van der Waals surface area contributed by atoms with Crippen LogP contribution in [0.1, 0.15) is 50.9 Å². The van der Waals surface area contributed by atoms with E-state index in [1.54, 1.807) is 0 Å². The summed E-state index contributed by atoms with van der Waals surface area (Å²) in [6, 6.07) is 0. The highest BCUT2D eigenvalue weighted by molar-refractivity contribution is 6.31. The zero-order valence-corrected chi connectivity index (χ0v) is 12.1. The number of rotatable bonds is 5. The number of nitrogens with zero attached hydrogens (tertiary/aromatic N) is 2. The van der Waals surface area contributed by atoms with Crippen molar-refractivity contribution in [2.75, 3.05) is 0 Å². The van der Waals surface area contributed by atoms with Crippen LogP contribution in [0, 0.1) is 5.92 Å². The Labute approximate surface area is 114 Å². The van der Waals surface area contributed by atoms with E-state index in [0.29, 0.717) is 12.3 Å². The Kier molecular flexibility index (Phi) is 4.68. The molecule has 0 bridgehead atoms. The molecule has 1 aliphatic carbocycles. The van der Waals surface area contributed by atoms with Crippen molar-refractivity contribution in [2.24, 2.45) is 5.92 Å². The van der Waals surface area contributed by atoms with Gasteiger partial charge in [-0.3, -0.25) is 4.68 Å². The van der Waals surface area contributed by atoms with Crippen LogP contribution in [-0.4, -0.2) is 21.0 Å². The second-order valence-corrected chi connectivity index (χ2v) is 5.57. The van der Waals surface area contributed by atoms with Gasteiger partial charge in [-0.1, -0.05) is 31.4 Å². The summed E-state index contributed by atoms with van der Waals surface area (Å²) < 4.78 is 1.94. The van der Waals surface area contributed by atoms with E-state index in [1.807, 2.05) is 4.68 Å². The SMILES string of the molecule is CCc1nn(CC)c(CC(O)C2CCCC2)c1Cl. The number of hydrogen-bond donors (Lipinski definition) is 1. The summed E-state index contributed by atoms with van der Waals surface area (Å²) in [5, 5.41) is 15.6. The molecule has 0 aliphatic heterocycles. The van der Waals surface area contributed by atoms with Crippen LogP contribution < -0.4 is 0 Å². The molecule has 0 amide bonds. The monoisotopic (exact) mass is 270 g/mol. The summed E-state index contributed by atoms with van der Waals surface area (Å²) in [4.78, 5) is 0. The highest BCUT2D eigenvalue weighted by Gasteiger charge is 2.26. The van der Waals surface area contributed by atoms with Gasteiger partial charge < -0.3 is 5.11 Å². The van der Waals surface area contributed by atoms with Crippen LogP contribution in [0.3, 0.4) is 0 Å². The van der Waals surface area contributed by atoms with Gasteiger partial charge in [0.05, 0.1) is 22.5 Å². The van der Waals surface area contributed by atoms with Crippen LogP contribution >= 0.6 is 11.6 Å².